The van der Waals surface area contributed by atoms with Gasteiger partial charge in [-0.3, -0.25) is 0 Å². The Morgan fingerprint density at radius 1 is 0.828 bits per heavy atom. The molecule has 0 atom stereocenters. The number of hydrogen-bond acceptors (Lipinski definition) is 4. The van der Waals surface area contributed by atoms with E-state index in [4.69, 9.17) is 4.74 Å². The molecule has 4 nitrogen and oxygen atoms in total. The molecule has 0 saturated carbocycles. The molecule has 1 rings (SSSR count). The van der Waals surface area contributed by atoms with Crippen LogP contribution in [0.15, 0.2) is 18.2 Å². The van der Waals surface area contributed by atoms with Gasteiger partial charge in [0, 0.05) is 5.75 Å². The molecule has 0 saturated heterocycles. The smallest absolute Gasteiger partial charge is 0.748 e. The van der Waals surface area contributed by atoms with E-state index in [9.17, 15) is 13.0 Å². The molecule has 0 aromatic heterocycles. The Morgan fingerprint density at radius 3 is 2.00 bits per heavy atom. The number of aryl methyl sites for hydroxylation is 2. The molecule has 0 spiro atoms. The van der Waals surface area contributed by atoms with Gasteiger partial charge in [-0.15, -0.1) is 0 Å². The molecule has 0 bridgehead atoms. The van der Waals surface area contributed by atoms with E-state index in [2.05, 4.69) is 32.0 Å². The van der Waals surface area contributed by atoms with Crippen LogP contribution in [0.4, 0.5) is 0 Å². The van der Waals surface area contributed by atoms with E-state index in [1.807, 2.05) is 0 Å². The van der Waals surface area contributed by atoms with E-state index >= 15 is 0 Å². The Morgan fingerprint density at radius 2 is 1.41 bits per heavy atom. The van der Waals surface area contributed by atoms with E-state index in [1.54, 1.807) is 0 Å². The van der Waals surface area contributed by atoms with Gasteiger partial charge in [-0.1, -0.05) is 77.3 Å². The van der Waals surface area contributed by atoms with Crippen molar-refractivity contribution in [3.63, 3.8) is 0 Å². The minimum atomic E-state index is -4.17. The molecule has 0 N–H and O–H groups in total. The average molecular weight is 435 g/mol. The second kappa shape index (κ2) is 17.6. The fourth-order valence-corrected chi connectivity index (χ4v) is 3.84. The van der Waals surface area contributed by atoms with Gasteiger partial charge in [-0.2, -0.15) is 0 Å². The molecule has 6 heteroatoms. The van der Waals surface area contributed by atoms with Crippen molar-refractivity contribution in [2.24, 2.45) is 0 Å². The summed E-state index contributed by atoms with van der Waals surface area (Å²) in [6.07, 6.45) is 14.7. The van der Waals surface area contributed by atoms with Crippen molar-refractivity contribution >= 4 is 10.1 Å². The fraction of sp³-hybridized carbons (Fsp3) is 0.739. The molecular weight excluding hydrogens is 395 g/mol. The first kappa shape index (κ1) is 28.9. The predicted molar refractivity (Wildman–Crippen MR) is 116 cm³/mol. The molecule has 1 aromatic carbocycles. The summed E-state index contributed by atoms with van der Waals surface area (Å²) in [6.45, 7) is 4.71. The maximum atomic E-state index is 10.8. The van der Waals surface area contributed by atoms with Crippen LogP contribution in [0, 0.1) is 0 Å². The second-order valence-corrected chi connectivity index (χ2v) is 9.26. The minimum Gasteiger partial charge on any atom is -0.748 e. The van der Waals surface area contributed by atoms with Gasteiger partial charge in [-0.25, -0.2) is 8.42 Å². The van der Waals surface area contributed by atoms with E-state index in [-0.39, 0.29) is 48.3 Å². The van der Waals surface area contributed by atoms with Crippen LogP contribution < -0.4 is 34.3 Å². The van der Waals surface area contributed by atoms with Gasteiger partial charge in [0.25, 0.3) is 0 Å². The number of benzene rings is 1. The zero-order chi connectivity index (χ0) is 20.7. The largest absolute Gasteiger partial charge is 1.00 e. The molecule has 0 aliphatic rings. The van der Waals surface area contributed by atoms with Crippen LogP contribution in [0.2, 0.25) is 0 Å². The maximum absolute atomic E-state index is 10.8. The Balaban J connectivity index is 0.00000784. The quantitative estimate of drug-likeness (QED) is 0.215. The summed E-state index contributed by atoms with van der Waals surface area (Å²) >= 11 is 0. The van der Waals surface area contributed by atoms with Crippen molar-refractivity contribution < 1.29 is 47.3 Å². The van der Waals surface area contributed by atoms with Crippen molar-refractivity contribution in [2.45, 2.75) is 97.3 Å². The zero-order valence-corrected chi connectivity index (χ0v) is 21.7. The number of rotatable bonds is 17. The van der Waals surface area contributed by atoms with Crippen molar-refractivity contribution in [2.75, 3.05) is 12.4 Å². The Labute approximate surface area is 201 Å². The van der Waals surface area contributed by atoms with E-state index in [0.29, 0.717) is 0 Å². The Hall–Kier alpha value is -0.0700. The summed E-state index contributed by atoms with van der Waals surface area (Å²) in [7, 11) is -4.17. The minimum absolute atomic E-state index is 0. The Bertz CT molecular complexity index is 632. The van der Waals surface area contributed by atoms with Gasteiger partial charge < -0.3 is 9.29 Å². The molecule has 0 heterocycles. The number of hydrogen-bond donors (Lipinski definition) is 0. The number of ether oxygens (including phenoxy) is 1. The van der Waals surface area contributed by atoms with Crippen LogP contribution in [-0.2, 0) is 23.0 Å². The van der Waals surface area contributed by atoms with Crippen molar-refractivity contribution in [3.05, 3.63) is 29.3 Å². The summed E-state index contributed by atoms with van der Waals surface area (Å²) in [5.41, 5.74) is 2.47. The van der Waals surface area contributed by atoms with Gasteiger partial charge >= 0.3 is 29.6 Å². The van der Waals surface area contributed by atoms with E-state index in [0.717, 1.165) is 25.0 Å². The van der Waals surface area contributed by atoms with E-state index < -0.39 is 10.1 Å². The predicted octanol–water partition coefficient (Wildman–Crippen LogP) is 3.03. The molecule has 29 heavy (non-hydrogen) atoms. The van der Waals surface area contributed by atoms with Crippen LogP contribution in [0.25, 0.3) is 0 Å². The molecule has 0 aliphatic heterocycles. The van der Waals surface area contributed by atoms with Crippen LogP contribution >= 0.6 is 0 Å². The third-order valence-corrected chi connectivity index (χ3v) is 5.84. The fourth-order valence-electron chi connectivity index (χ4n) is 3.36. The molecular formula is C23H39NaO4S. The zero-order valence-electron chi connectivity index (χ0n) is 18.9. The van der Waals surface area contributed by atoms with Gasteiger partial charge in [-0.05, 0) is 49.3 Å². The molecule has 162 valence electrons. The Kier molecular flexibility index (Phi) is 17.6. The van der Waals surface area contributed by atoms with Gasteiger partial charge in [0.15, 0.2) is 0 Å². The summed E-state index contributed by atoms with van der Waals surface area (Å²) in [6, 6.07) is 6.49. The first-order valence-corrected chi connectivity index (χ1v) is 12.7. The van der Waals surface area contributed by atoms with Gasteiger partial charge in [0.05, 0.1) is 16.7 Å². The van der Waals surface area contributed by atoms with Gasteiger partial charge in [0.2, 0.25) is 0 Å². The van der Waals surface area contributed by atoms with Gasteiger partial charge in [0.1, 0.15) is 5.75 Å². The number of unbranched alkanes of at least 4 members (excludes halogenated alkanes) is 8. The molecule has 0 fully saturated rings. The summed E-state index contributed by atoms with van der Waals surface area (Å²) in [4.78, 5) is 0. The summed E-state index contributed by atoms with van der Waals surface area (Å²) < 4.78 is 38.2. The summed E-state index contributed by atoms with van der Waals surface area (Å²) in [5, 5.41) is 0. The molecule has 0 unspecified atom stereocenters. The van der Waals surface area contributed by atoms with Crippen LogP contribution in [0.1, 0.15) is 95.6 Å². The third kappa shape index (κ3) is 15.4. The molecule has 0 amide bonds. The van der Waals surface area contributed by atoms with Crippen LogP contribution in [-0.4, -0.2) is 25.3 Å². The SMILES string of the molecule is CCCCCCCc1ccc(CCCCCCC)c(OCCCS(=O)(=O)[O-])c1.[Na+]. The maximum Gasteiger partial charge on any atom is 1.00 e. The first-order chi connectivity index (χ1) is 13.5. The monoisotopic (exact) mass is 434 g/mol. The second-order valence-electron chi connectivity index (χ2n) is 7.73. The van der Waals surface area contributed by atoms with Crippen molar-refractivity contribution in [1.82, 2.24) is 0 Å². The van der Waals surface area contributed by atoms with Crippen LogP contribution in [0.5, 0.6) is 5.75 Å². The first-order valence-electron chi connectivity index (χ1n) is 11.1. The van der Waals surface area contributed by atoms with Crippen molar-refractivity contribution in [1.29, 1.82) is 0 Å². The topological polar surface area (TPSA) is 66.4 Å². The molecule has 0 aliphatic carbocycles. The standard InChI is InChI=1S/C23H40O4S.Na/c1-3-5-7-9-11-14-21-16-17-22(15-12-10-8-6-4-2)23(20-21)27-18-13-19-28(24,25)26;/h16-17,20H,3-15,18-19H2,1-2H3,(H,24,25,26);/q;+1/p-1. The average Bonchev–Trinajstić information content (AvgIpc) is 2.65. The summed E-state index contributed by atoms with van der Waals surface area (Å²) in [5.74, 6) is 0.501. The van der Waals surface area contributed by atoms with Crippen LogP contribution in [0.3, 0.4) is 0 Å². The van der Waals surface area contributed by atoms with E-state index in [1.165, 1.54) is 68.9 Å². The third-order valence-electron chi connectivity index (χ3n) is 5.05. The molecule has 0 radical (unpaired) electrons. The van der Waals surface area contributed by atoms with Crippen molar-refractivity contribution in [3.8, 4) is 5.75 Å². The normalized spacial score (nSPS) is 11.3. The molecule has 1 aromatic rings.